The van der Waals surface area contributed by atoms with E-state index in [1.54, 1.807) is 23.0 Å². The Morgan fingerprint density at radius 3 is 3.05 bits per heavy atom. The number of amides is 1. The monoisotopic (exact) mass is 270 g/mol. The molecule has 0 aliphatic rings. The van der Waals surface area contributed by atoms with E-state index < -0.39 is 0 Å². The summed E-state index contributed by atoms with van der Waals surface area (Å²) < 4.78 is 7.07. The van der Waals surface area contributed by atoms with E-state index in [9.17, 15) is 4.79 Å². The van der Waals surface area contributed by atoms with E-state index in [1.165, 1.54) is 6.20 Å². The first kappa shape index (κ1) is 12.4. The Hall–Kier alpha value is -2.63. The fourth-order valence-electron chi connectivity index (χ4n) is 2.02. The maximum absolute atomic E-state index is 12.3. The number of carbonyl (C=O) groups is 1. The third-order valence-electron chi connectivity index (χ3n) is 3.06. The molecule has 0 saturated heterocycles. The van der Waals surface area contributed by atoms with Gasteiger partial charge in [-0.25, -0.2) is 9.50 Å². The van der Waals surface area contributed by atoms with Crippen molar-refractivity contribution in [2.24, 2.45) is 0 Å². The van der Waals surface area contributed by atoms with E-state index in [0.717, 1.165) is 11.5 Å². The lowest BCUT2D eigenvalue weighted by Crippen LogP contribution is -2.26. The number of nitrogens with one attached hydrogen (secondary N) is 1. The Balaban J connectivity index is 1.82. The van der Waals surface area contributed by atoms with Crippen LogP contribution >= 0.6 is 0 Å². The standard InChI is InChI=1S/C14H14N4O2/c1-9-4-5-12(20-9)10(2)17-14(19)11-8-16-18-7-3-6-15-13(11)18/h3-8,10H,1-2H3,(H,17,19)/t10-/m0/s1. The van der Waals surface area contributed by atoms with Crippen LogP contribution in [0.4, 0.5) is 0 Å². The molecule has 0 aliphatic heterocycles. The smallest absolute Gasteiger partial charge is 0.257 e. The van der Waals surface area contributed by atoms with Crippen molar-refractivity contribution in [1.29, 1.82) is 0 Å². The van der Waals surface area contributed by atoms with E-state index in [1.807, 2.05) is 26.0 Å². The second-order valence-electron chi connectivity index (χ2n) is 4.59. The van der Waals surface area contributed by atoms with Crippen molar-refractivity contribution >= 4 is 11.6 Å². The summed E-state index contributed by atoms with van der Waals surface area (Å²) in [6.07, 6.45) is 4.89. The lowest BCUT2D eigenvalue weighted by atomic mass is 10.2. The van der Waals surface area contributed by atoms with Crippen molar-refractivity contribution in [3.63, 3.8) is 0 Å². The van der Waals surface area contributed by atoms with Crippen molar-refractivity contribution in [2.45, 2.75) is 19.9 Å². The maximum Gasteiger partial charge on any atom is 0.257 e. The molecule has 0 unspecified atom stereocenters. The zero-order valence-electron chi connectivity index (χ0n) is 11.2. The molecule has 6 nitrogen and oxygen atoms in total. The first-order chi connectivity index (χ1) is 9.65. The van der Waals surface area contributed by atoms with Crippen molar-refractivity contribution in [1.82, 2.24) is 19.9 Å². The van der Waals surface area contributed by atoms with Gasteiger partial charge in [0.2, 0.25) is 0 Å². The Labute approximate surface area is 115 Å². The van der Waals surface area contributed by atoms with E-state index in [4.69, 9.17) is 4.42 Å². The molecule has 3 rings (SSSR count). The quantitative estimate of drug-likeness (QED) is 0.791. The molecule has 3 aromatic heterocycles. The summed E-state index contributed by atoms with van der Waals surface area (Å²) >= 11 is 0. The van der Waals surface area contributed by atoms with E-state index in [0.29, 0.717) is 11.2 Å². The van der Waals surface area contributed by atoms with Gasteiger partial charge in [0.1, 0.15) is 17.1 Å². The van der Waals surface area contributed by atoms with Crippen molar-refractivity contribution in [3.05, 3.63) is 53.9 Å². The van der Waals surface area contributed by atoms with Gasteiger partial charge in [0.15, 0.2) is 5.65 Å². The topological polar surface area (TPSA) is 72.4 Å². The van der Waals surface area contributed by atoms with Gasteiger partial charge in [-0.15, -0.1) is 0 Å². The van der Waals surface area contributed by atoms with Gasteiger partial charge in [0, 0.05) is 12.4 Å². The van der Waals surface area contributed by atoms with Crippen LogP contribution in [0, 0.1) is 6.92 Å². The zero-order chi connectivity index (χ0) is 14.1. The summed E-state index contributed by atoms with van der Waals surface area (Å²) in [6, 6.07) is 5.27. The Bertz CT molecular complexity index is 759. The third kappa shape index (κ3) is 2.16. The van der Waals surface area contributed by atoms with E-state index >= 15 is 0 Å². The molecule has 1 N–H and O–H groups in total. The molecule has 20 heavy (non-hydrogen) atoms. The summed E-state index contributed by atoms with van der Waals surface area (Å²) in [5.41, 5.74) is 0.980. The molecule has 1 atom stereocenters. The van der Waals surface area contributed by atoms with Crippen LogP contribution in [0.2, 0.25) is 0 Å². The number of hydrogen-bond acceptors (Lipinski definition) is 4. The van der Waals surface area contributed by atoms with Gasteiger partial charge in [0.25, 0.3) is 5.91 Å². The lowest BCUT2D eigenvalue weighted by molar-refractivity contribution is 0.0936. The molecule has 102 valence electrons. The van der Waals surface area contributed by atoms with Gasteiger partial charge in [-0.1, -0.05) is 0 Å². The average Bonchev–Trinajstić information content (AvgIpc) is 3.04. The van der Waals surface area contributed by atoms with Crippen molar-refractivity contribution in [3.8, 4) is 0 Å². The summed E-state index contributed by atoms with van der Waals surface area (Å²) in [5.74, 6) is 1.32. The van der Waals surface area contributed by atoms with Crippen LogP contribution in [-0.4, -0.2) is 20.5 Å². The molecule has 0 saturated carbocycles. The Morgan fingerprint density at radius 2 is 2.30 bits per heavy atom. The van der Waals surface area contributed by atoms with Crippen LogP contribution in [0.5, 0.6) is 0 Å². The van der Waals surface area contributed by atoms with Gasteiger partial charge in [-0.2, -0.15) is 5.10 Å². The highest BCUT2D eigenvalue weighted by molar-refractivity contribution is 5.99. The third-order valence-corrected chi connectivity index (χ3v) is 3.06. The van der Waals surface area contributed by atoms with Crippen molar-refractivity contribution in [2.75, 3.05) is 0 Å². The number of carbonyl (C=O) groups excluding carboxylic acids is 1. The highest BCUT2D eigenvalue weighted by Crippen LogP contribution is 2.16. The van der Waals surface area contributed by atoms with Gasteiger partial charge in [0.05, 0.1) is 12.2 Å². The largest absolute Gasteiger partial charge is 0.464 e. The summed E-state index contributed by atoms with van der Waals surface area (Å²) in [5, 5.41) is 6.97. The normalized spacial score (nSPS) is 12.5. The van der Waals surface area contributed by atoms with Crippen LogP contribution in [0.3, 0.4) is 0 Å². The second kappa shape index (κ2) is 4.80. The predicted molar refractivity (Wildman–Crippen MR) is 72.3 cm³/mol. The van der Waals surface area contributed by atoms with Gasteiger partial charge in [-0.05, 0) is 32.0 Å². The average molecular weight is 270 g/mol. The molecule has 3 heterocycles. The van der Waals surface area contributed by atoms with Crippen LogP contribution in [0.15, 0.2) is 41.2 Å². The number of fused-ring (bicyclic) bond motifs is 1. The van der Waals surface area contributed by atoms with E-state index in [-0.39, 0.29) is 11.9 Å². The van der Waals surface area contributed by atoms with Crippen LogP contribution in [0.25, 0.3) is 5.65 Å². The first-order valence-corrected chi connectivity index (χ1v) is 6.30. The summed E-state index contributed by atoms with van der Waals surface area (Å²) in [4.78, 5) is 16.4. The molecular formula is C14H14N4O2. The fourth-order valence-corrected chi connectivity index (χ4v) is 2.02. The maximum atomic E-state index is 12.3. The number of aromatic nitrogens is 3. The lowest BCUT2D eigenvalue weighted by Gasteiger charge is -2.10. The number of hydrogen-bond donors (Lipinski definition) is 1. The molecule has 0 spiro atoms. The van der Waals surface area contributed by atoms with Crippen LogP contribution in [0.1, 0.15) is 34.8 Å². The molecule has 0 aliphatic carbocycles. The number of nitrogens with zero attached hydrogens (tertiary/aromatic N) is 3. The molecule has 0 bridgehead atoms. The molecule has 0 fully saturated rings. The molecule has 0 aromatic carbocycles. The molecule has 6 heteroatoms. The highest BCUT2D eigenvalue weighted by Gasteiger charge is 2.18. The Kier molecular flexibility index (Phi) is 2.98. The number of furan rings is 1. The fraction of sp³-hybridized carbons (Fsp3) is 0.214. The first-order valence-electron chi connectivity index (χ1n) is 6.30. The minimum atomic E-state index is -0.222. The van der Waals surface area contributed by atoms with Gasteiger partial charge in [-0.3, -0.25) is 4.79 Å². The summed E-state index contributed by atoms with van der Waals surface area (Å²) in [6.45, 7) is 3.74. The van der Waals surface area contributed by atoms with Crippen LogP contribution in [-0.2, 0) is 0 Å². The molecule has 3 aromatic rings. The van der Waals surface area contributed by atoms with Gasteiger partial charge >= 0.3 is 0 Å². The predicted octanol–water partition coefficient (Wildman–Crippen LogP) is 2.12. The minimum Gasteiger partial charge on any atom is -0.464 e. The zero-order valence-corrected chi connectivity index (χ0v) is 11.2. The molecular weight excluding hydrogens is 256 g/mol. The second-order valence-corrected chi connectivity index (χ2v) is 4.59. The number of aryl methyl sites for hydroxylation is 1. The summed E-state index contributed by atoms with van der Waals surface area (Å²) in [7, 11) is 0. The highest BCUT2D eigenvalue weighted by atomic mass is 16.3. The molecule has 0 radical (unpaired) electrons. The minimum absolute atomic E-state index is 0.213. The van der Waals surface area contributed by atoms with Crippen molar-refractivity contribution < 1.29 is 9.21 Å². The van der Waals surface area contributed by atoms with Crippen LogP contribution < -0.4 is 5.32 Å². The Morgan fingerprint density at radius 1 is 1.45 bits per heavy atom. The number of rotatable bonds is 3. The SMILES string of the molecule is Cc1ccc([C@H](C)NC(=O)c2cnn3cccnc23)o1. The molecule has 1 amide bonds. The van der Waals surface area contributed by atoms with E-state index in [2.05, 4.69) is 15.4 Å². The van der Waals surface area contributed by atoms with Gasteiger partial charge < -0.3 is 9.73 Å².